The van der Waals surface area contributed by atoms with E-state index in [1.807, 2.05) is 0 Å². The first-order valence-corrected chi connectivity index (χ1v) is 11.7. The molecular formula is C20H16Cl2N4O6S. The SMILES string of the molecule is CS(=O)(=O)N(CC(=O)N/N=C\c1ccc(-c2ccc([N+](=O)[O-])cc2)o1)c1cc(Cl)cc(Cl)c1. The summed E-state index contributed by atoms with van der Waals surface area (Å²) in [5, 5.41) is 14.9. The van der Waals surface area contributed by atoms with Crippen molar-refractivity contribution in [3.8, 4) is 11.3 Å². The van der Waals surface area contributed by atoms with Crippen molar-refractivity contribution in [1.82, 2.24) is 5.43 Å². The number of anilines is 1. The number of halogens is 2. The fourth-order valence-corrected chi connectivity index (χ4v) is 4.10. The van der Waals surface area contributed by atoms with Gasteiger partial charge in [-0.15, -0.1) is 0 Å². The number of nitrogens with one attached hydrogen (secondary N) is 1. The molecule has 1 amide bonds. The van der Waals surface area contributed by atoms with Crippen molar-refractivity contribution in [2.24, 2.45) is 5.10 Å². The van der Waals surface area contributed by atoms with Gasteiger partial charge in [0.1, 0.15) is 18.1 Å². The van der Waals surface area contributed by atoms with E-state index in [1.165, 1.54) is 36.5 Å². The van der Waals surface area contributed by atoms with Gasteiger partial charge < -0.3 is 4.42 Å². The normalized spacial score (nSPS) is 11.5. The topological polar surface area (TPSA) is 135 Å². The molecule has 0 aliphatic rings. The van der Waals surface area contributed by atoms with Crippen LogP contribution in [0.25, 0.3) is 11.3 Å². The Labute approximate surface area is 198 Å². The highest BCUT2D eigenvalue weighted by Crippen LogP contribution is 2.27. The summed E-state index contributed by atoms with van der Waals surface area (Å²) in [6.07, 6.45) is 2.18. The summed E-state index contributed by atoms with van der Waals surface area (Å²) in [7, 11) is -3.82. The Bertz CT molecular complexity index is 1300. The lowest BCUT2D eigenvalue weighted by Crippen LogP contribution is -2.39. The minimum absolute atomic E-state index is 0.0435. The molecule has 172 valence electrons. The fraction of sp³-hybridized carbons (Fsp3) is 0.100. The third kappa shape index (κ3) is 6.54. The monoisotopic (exact) mass is 510 g/mol. The van der Waals surface area contributed by atoms with Gasteiger partial charge in [-0.05, 0) is 42.5 Å². The number of carbonyl (C=O) groups excluding carboxylic acids is 1. The summed E-state index contributed by atoms with van der Waals surface area (Å²) >= 11 is 11.9. The summed E-state index contributed by atoms with van der Waals surface area (Å²) in [6, 6.07) is 13.2. The number of furan rings is 1. The van der Waals surface area contributed by atoms with Crippen LogP contribution in [-0.2, 0) is 14.8 Å². The Balaban J connectivity index is 1.66. The van der Waals surface area contributed by atoms with Gasteiger partial charge in [0.2, 0.25) is 10.0 Å². The molecule has 1 heterocycles. The number of nitrogens with zero attached hydrogens (tertiary/aromatic N) is 3. The number of nitro groups is 1. The highest BCUT2D eigenvalue weighted by molar-refractivity contribution is 7.92. The van der Waals surface area contributed by atoms with Gasteiger partial charge in [-0.25, -0.2) is 13.8 Å². The molecule has 10 nitrogen and oxygen atoms in total. The van der Waals surface area contributed by atoms with Gasteiger partial charge in [-0.1, -0.05) is 23.2 Å². The zero-order valence-electron chi connectivity index (χ0n) is 16.9. The lowest BCUT2D eigenvalue weighted by molar-refractivity contribution is -0.384. The van der Waals surface area contributed by atoms with E-state index in [-0.39, 0.29) is 21.4 Å². The van der Waals surface area contributed by atoms with Gasteiger partial charge in [0, 0.05) is 27.7 Å². The van der Waals surface area contributed by atoms with Crippen LogP contribution in [0.4, 0.5) is 11.4 Å². The molecular weight excluding hydrogens is 495 g/mol. The predicted octanol–water partition coefficient (Wildman–Crippen LogP) is 4.08. The highest BCUT2D eigenvalue weighted by Gasteiger charge is 2.21. The molecule has 3 aromatic rings. The standard InChI is InChI=1S/C20H16Cl2N4O6S/c1-33(30,31)25(17-9-14(21)8-15(22)10-17)12-20(27)24-23-11-18-6-7-19(32-18)13-2-4-16(5-3-13)26(28)29/h2-11H,12H2,1H3,(H,24,27)/b23-11-. The smallest absolute Gasteiger partial charge is 0.269 e. The number of sulfonamides is 1. The van der Waals surface area contributed by atoms with Crippen LogP contribution < -0.4 is 9.73 Å². The van der Waals surface area contributed by atoms with E-state index < -0.39 is 27.4 Å². The molecule has 0 bridgehead atoms. The van der Waals surface area contributed by atoms with Crippen LogP contribution in [0.1, 0.15) is 5.76 Å². The minimum atomic E-state index is -3.82. The molecule has 0 saturated heterocycles. The molecule has 0 radical (unpaired) electrons. The third-order valence-corrected chi connectivity index (χ3v) is 5.77. The zero-order valence-corrected chi connectivity index (χ0v) is 19.3. The summed E-state index contributed by atoms with van der Waals surface area (Å²) in [4.78, 5) is 22.5. The van der Waals surface area contributed by atoms with Gasteiger partial charge in [0.05, 0.1) is 23.1 Å². The van der Waals surface area contributed by atoms with Crippen LogP contribution in [-0.4, -0.2) is 38.3 Å². The van der Waals surface area contributed by atoms with Crippen molar-refractivity contribution >= 4 is 56.7 Å². The van der Waals surface area contributed by atoms with E-state index in [0.29, 0.717) is 17.1 Å². The van der Waals surface area contributed by atoms with Crippen molar-refractivity contribution < 1.29 is 22.6 Å². The maximum absolute atomic E-state index is 12.3. The molecule has 3 rings (SSSR count). The van der Waals surface area contributed by atoms with Crippen LogP contribution >= 0.6 is 23.2 Å². The largest absolute Gasteiger partial charge is 0.455 e. The first kappa shape index (κ1) is 24.2. The molecule has 0 spiro atoms. The molecule has 0 unspecified atom stereocenters. The quantitative estimate of drug-likeness (QED) is 0.275. The van der Waals surface area contributed by atoms with Crippen LogP contribution in [0.2, 0.25) is 10.0 Å². The minimum Gasteiger partial charge on any atom is -0.455 e. The van der Waals surface area contributed by atoms with Crippen molar-refractivity contribution in [1.29, 1.82) is 0 Å². The van der Waals surface area contributed by atoms with Crippen molar-refractivity contribution in [3.05, 3.63) is 80.5 Å². The Morgan fingerprint density at radius 3 is 2.36 bits per heavy atom. The number of hydrazone groups is 1. The second-order valence-electron chi connectivity index (χ2n) is 6.70. The van der Waals surface area contributed by atoms with E-state index in [1.54, 1.807) is 24.3 Å². The number of rotatable bonds is 8. The van der Waals surface area contributed by atoms with Crippen LogP contribution in [0.15, 0.2) is 64.1 Å². The van der Waals surface area contributed by atoms with Gasteiger partial charge in [0.15, 0.2) is 0 Å². The van der Waals surface area contributed by atoms with E-state index in [9.17, 15) is 23.3 Å². The maximum atomic E-state index is 12.3. The van der Waals surface area contributed by atoms with Crippen molar-refractivity contribution in [3.63, 3.8) is 0 Å². The first-order chi connectivity index (χ1) is 15.5. The summed E-state index contributed by atoms with van der Waals surface area (Å²) in [6.45, 7) is -0.557. The molecule has 0 fully saturated rings. The van der Waals surface area contributed by atoms with Crippen LogP contribution in [0.3, 0.4) is 0 Å². The maximum Gasteiger partial charge on any atom is 0.269 e. The highest BCUT2D eigenvalue weighted by atomic mass is 35.5. The molecule has 13 heteroatoms. The molecule has 1 N–H and O–H groups in total. The summed E-state index contributed by atoms with van der Waals surface area (Å²) < 4.78 is 30.7. The number of carbonyl (C=O) groups is 1. The van der Waals surface area contributed by atoms with Gasteiger partial charge in [-0.3, -0.25) is 19.2 Å². The Kier molecular flexibility index (Phi) is 7.36. The second kappa shape index (κ2) is 10.0. The second-order valence-corrected chi connectivity index (χ2v) is 9.48. The van der Waals surface area contributed by atoms with E-state index in [0.717, 1.165) is 10.6 Å². The summed E-state index contributed by atoms with van der Waals surface area (Å²) in [5.74, 6) is 0.0268. The van der Waals surface area contributed by atoms with E-state index >= 15 is 0 Å². The summed E-state index contributed by atoms with van der Waals surface area (Å²) in [5.41, 5.74) is 2.93. The first-order valence-electron chi connectivity index (χ1n) is 9.13. The van der Waals surface area contributed by atoms with Gasteiger partial charge in [0.25, 0.3) is 11.6 Å². The number of non-ortho nitro benzene ring substituents is 1. The van der Waals surface area contributed by atoms with Crippen molar-refractivity contribution in [2.75, 3.05) is 17.1 Å². The van der Waals surface area contributed by atoms with E-state index in [2.05, 4.69) is 10.5 Å². The molecule has 0 saturated carbocycles. The lowest BCUT2D eigenvalue weighted by Gasteiger charge is -2.21. The molecule has 1 aromatic heterocycles. The molecule has 0 aliphatic heterocycles. The number of hydrogen-bond donors (Lipinski definition) is 1. The average molecular weight is 511 g/mol. The average Bonchev–Trinajstić information content (AvgIpc) is 3.19. The molecule has 0 atom stereocenters. The molecule has 33 heavy (non-hydrogen) atoms. The Hall–Kier alpha value is -3.41. The fourth-order valence-electron chi connectivity index (χ4n) is 2.74. The number of amides is 1. The number of nitro benzene ring substituents is 1. The molecule has 2 aromatic carbocycles. The Morgan fingerprint density at radius 1 is 1.15 bits per heavy atom. The number of benzene rings is 2. The third-order valence-electron chi connectivity index (χ3n) is 4.19. The Morgan fingerprint density at radius 2 is 1.79 bits per heavy atom. The zero-order chi connectivity index (χ0) is 24.2. The predicted molar refractivity (Wildman–Crippen MR) is 125 cm³/mol. The van der Waals surface area contributed by atoms with Crippen molar-refractivity contribution in [2.45, 2.75) is 0 Å². The lowest BCUT2D eigenvalue weighted by atomic mass is 10.1. The van der Waals surface area contributed by atoms with Gasteiger partial charge in [-0.2, -0.15) is 5.10 Å². The number of hydrogen-bond acceptors (Lipinski definition) is 7. The van der Waals surface area contributed by atoms with Gasteiger partial charge >= 0.3 is 0 Å². The van der Waals surface area contributed by atoms with Crippen LogP contribution in [0, 0.1) is 10.1 Å². The molecule has 0 aliphatic carbocycles. The van der Waals surface area contributed by atoms with Crippen LogP contribution in [0.5, 0.6) is 0 Å². The van der Waals surface area contributed by atoms with E-state index in [4.69, 9.17) is 27.6 Å².